The van der Waals surface area contributed by atoms with Gasteiger partial charge in [-0.3, -0.25) is 0 Å². The van der Waals surface area contributed by atoms with Crippen LogP contribution in [-0.4, -0.2) is 23.8 Å². The minimum absolute atomic E-state index is 0.734. The van der Waals surface area contributed by atoms with Gasteiger partial charge in [0.2, 0.25) is 0 Å². The van der Waals surface area contributed by atoms with Crippen molar-refractivity contribution in [3.8, 4) is 0 Å². The van der Waals surface area contributed by atoms with E-state index in [4.69, 9.17) is 0 Å². The highest BCUT2D eigenvalue weighted by Gasteiger charge is 2.00. The van der Waals surface area contributed by atoms with Gasteiger partial charge < -0.3 is 5.32 Å². The quantitative estimate of drug-likeness (QED) is 0.616. The number of thioether (sulfide) groups is 1. The molecule has 1 rings (SSSR count). The molecule has 0 saturated heterocycles. The smallest absolute Gasteiger partial charge is 0.110 e. The number of nitrogens with one attached hydrogen (secondary N) is 1. The molecule has 4 heteroatoms. The van der Waals surface area contributed by atoms with Crippen molar-refractivity contribution in [2.75, 3.05) is 18.8 Å². The molecule has 90 valence electrons. The first-order valence-corrected chi connectivity index (χ1v) is 7.42. The zero-order valence-corrected chi connectivity index (χ0v) is 12.3. The Kier molecular flexibility index (Phi) is 7.08. The molecule has 0 spiro atoms. The lowest BCUT2D eigenvalue weighted by Crippen LogP contribution is -2.21. The summed E-state index contributed by atoms with van der Waals surface area (Å²) in [5.74, 6) is 1.85. The van der Waals surface area contributed by atoms with E-state index in [1.54, 1.807) is 0 Å². The molecule has 16 heavy (non-hydrogen) atoms. The Hall–Kier alpha value is -0.0600. The summed E-state index contributed by atoms with van der Waals surface area (Å²) < 4.78 is 1.09. The minimum atomic E-state index is 0.734. The molecule has 0 unspecified atom stereocenters. The van der Waals surface area contributed by atoms with Crippen molar-refractivity contribution in [1.82, 2.24) is 10.3 Å². The van der Waals surface area contributed by atoms with E-state index in [-0.39, 0.29) is 0 Å². The van der Waals surface area contributed by atoms with Gasteiger partial charge in [-0.05, 0) is 53.5 Å². The van der Waals surface area contributed by atoms with Gasteiger partial charge in [-0.2, -0.15) is 0 Å². The third kappa shape index (κ3) is 5.87. The highest BCUT2D eigenvalue weighted by molar-refractivity contribution is 9.10. The number of pyridine rings is 1. The van der Waals surface area contributed by atoms with Crippen LogP contribution in [0.3, 0.4) is 0 Å². The number of rotatable bonds is 7. The van der Waals surface area contributed by atoms with Crippen LogP contribution in [0.2, 0.25) is 0 Å². The largest absolute Gasteiger partial charge is 0.316 e. The second-order valence-electron chi connectivity index (χ2n) is 4.09. The molecule has 1 heterocycles. The second-order valence-corrected chi connectivity index (χ2v) is 6.03. The highest BCUT2D eigenvalue weighted by atomic mass is 79.9. The van der Waals surface area contributed by atoms with E-state index in [1.807, 2.05) is 30.1 Å². The summed E-state index contributed by atoms with van der Waals surface area (Å²) in [6.45, 7) is 6.66. The van der Waals surface area contributed by atoms with Gasteiger partial charge >= 0.3 is 0 Å². The maximum absolute atomic E-state index is 4.32. The molecule has 0 aliphatic heterocycles. The van der Waals surface area contributed by atoms with Gasteiger partial charge in [0.05, 0.1) is 0 Å². The van der Waals surface area contributed by atoms with Crippen LogP contribution >= 0.6 is 27.7 Å². The van der Waals surface area contributed by atoms with Crippen LogP contribution in [0.4, 0.5) is 0 Å². The zero-order valence-electron chi connectivity index (χ0n) is 9.87. The van der Waals surface area contributed by atoms with Crippen LogP contribution in [0.5, 0.6) is 0 Å². The molecule has 1 N–H and O–H groups in total. The summed E-state index contributed by atoms with van der Waals surface area (Å²) >= 11 is 5.31. The normalized spacial score (nSPS) is 11.0. The van der Waals surface area contributed by atoms with E-state index < -0.39 is 0 Å². The molecular formula is C12H19BrN2S. The van der Waals surface area contributed by atoms with Gasteiger partial charge in [-0.1, -0.05) is 13.8 Å². The minimum Gasteiger partial charge on any atom is -0.316 e. The summed E-state index contributed by atoms with van der Waals surface area (Å²) in [6.07, 6.45) is 3.02. The van der Waals surface area contributed by atoms with Crippen molar-refractivity contribution in [2.24, 2.45) is 5.92 Å². The van der Waals surface area contributed by atoms with Gasteiger partial charge in [0.15, 0.2) is 0 Å². The van der Waals surface area contributed by atoms with Crippen LogP contribution < -0.4 is 5.32 Å². The fourth-order valence-corrected chi connectivity index (χ4v) is 2.66. The first-order valence-electron chi connectivity index (χ1n) is 5.64. The summed E-state index contributed by atoms with van der Waals surface area (Å²) in [6, 6.07) is 3.98. The summed E-state index contributed by atoms with van der Waals surface area (Å²) in [4.78, 5) is 4.32. The molecular weight excluding hydrogens is 284 g/mol. The van der Waals surface area contributed by atoms with Gasteiger partial charge in [0.1, 0.15) is 5.03 Å². The maximum Gasteiger partial charge on any atom is 0.110 e. The van der Waals surface area contributed by atoms with Crippen LogP contribution in [-0.2, 0) is 0 Å². The van der Waals surface area contributed by atoms with Crippen LogP contribution in [0, 0.1) is 5.92 Å². The molecule has 0 aliphatic carbocycles. The standard InChI is InChI=1S/C12H19BrN2S/c1-10(2)9-14-6-4-8-16-12-11(13)5-3-7-15-12/h3,5,7,10,14H,4,6,8-9H2,1-2H3. The Labute approximate surface area is 111 Å². The van der Waals surface area contributed by atoms with E-state index >= 15 is 0 Å². The predicted molar refractivity (Wildman–Crippen MR) is 75.0 cm³/mol. The molecule has 0 aromatic carbocycles. The van der Waals surface area contributed by atoms with E-state index in [0.717, 1.165) is 34.3 Å². The molecule has 0 fully saturated rings. The molecule has 1 aromatic heterocycles. The maximum atomic E-state index is 4.32. The molecule has 0 saturated carbocycles. The molecule has 0 bridgehead atoms. The monoisotopic (exact) mass is 302 g/mol. The van der Waals surface area contributed by atoms with Gasteiger partial charge in [0, 0.05) is 16.4 Å². The van der Waals surface area contributed by atoms with E-state index in [0.29, 0.717) is 0 Å². The average Bonchev–Trinajstić information content (AvgIpc) is 2.25. The van der Waals surface area contributed by atoms with Crippen molar-refractivity contribution < 1.29 is 0 Å². The lowest BCUT2D eigenvalue weighted by molar-refractivity contribution is 0.551. The van der Waals surface area contributed by atoms with E-state index in [9.17, 15) is 0 Å². The number of hydrogen-bond acceptors (Lipinski definition) is 3. The highest BCUT2D eigenvalue weighted by Crippen LogP contribution is 2.24. The molecule has 0 atom stereocenters. The Morgan fingerprint density at radius 2 is 2.31 bits per heavy atom. The fourth-order valence-electron chi connectivity index (χ4n) is 1.23. The predicted octanol–water partition coefficient (Wildman–Crippen LogP) is 3.57. The molecule has 0 amide bonds. The Morgan fingerprint density at radius 1 is 1.50 bits per heavy atom. The number of hydrogen-bond donors (Lipinski definition) is 1. The van der Waals surface area contributed by atoms with Crippen molar-refractivity contribution in [3.63, 3.8) is 0 Å². The van der Waals surface area contributed by atoms with Crippen molar-refractivity contribution in [1.29, 1.82) is 0 Å². The van der Waals surface area contributed by atoms with Gasteiger partial charge in [-0.25, -0.2) is 4.98 Å². The summed E-state index contributed by atoms with van der Waals surface area (Å²) in [5.41, 5.74) is 0. The third-order valence-corrected chi connectivity index (χ3v) is 4.01. The van der Waals surface area contributed by atoms with Crippen LogP contribution in [0.15, 0.2) is 27.8 Å². The molecule has 1 aromatic rings. The van der Waals surface area contributed by atoms with E-state index in [1.165, 1.54) is 6.42 Å². The second kappa shape index (κ2) is 8.09. The first kappa shape index (κ1) is 14.0. The van der Waals surface area contributed by atoms with Gasteiger partial charge in [-0.15, -0.1) is 11.8 Å². The first-order chi connectivity index (χ1) is 7.70. The van der Waals surface area contributed by atoms with Crippen molar-refractivity contribution in [3.05, 3.63) is 22.8 Å². The Bertz CT molecular complexity index is 305. The Balaban J connectivity index is 2.10. The average molecular weight is 303 g/mol. The Morgan fingerprint density at radius 3 is 3.00 bits per heavy atom. The molecule has 0 radical (unpaired) electrons. The third-order valence-electron chi connectivity index (χ3n) is 2.01. The summed E-state index contributed by atoms with van der Waals surface area (Å²) in [7, 11) is 0. The van der Waals surface area contributed by atoms with Crippen LogP contribution in [0.25, 0.3) is 0 Å². The van der Waals surface area contributed by atoms with Crippen molar-refractivity contribution in [2.45, 2.75) is 25.3 Å². The van der Waals surface area contributed by atoms with Crippen molar-refractivity contribution >= 4 is 27.7 Å². The number of halogens is 1. The molecule has 2 nitrogen and oxygen atoms in total. The number of nitrogens with zero attached hydrogens (tertiary/aromatic N) is 1. The van der Waals surface area contributed by atoms with Gasteiger partial charge in [0.25, 0.3) is 0 Å². The lowest BCUT2D eigenvalue weighted by Gasteiger charge is -2.07. The van der Waals surface area contributed by atoms with Crippen LogP contribution in [0.1, 0.15) is 20.3 Å². The van der Waals surface area contributed by atoms with E-state index in [2.05, 4.69) is 40.1 Å². The zero-order chi connectivity index (χ0) is 11.8. The lowest BCUT2D eigenvalue weighted by atomic mass is 10.2. The molecule has 0 aliphatic rings. The topological polar surface area (TPSA) is 24.9 Å². The fraction of sp³-hybridized carbons (Fsp3) is 0.583. The SMILES string of the molecule is CC(C)CNCCCSc1ncccc1Br. The number of aromatic nitrogens is 1. The summed E-state index contributed by atoms with van der Waals surface area (Å²) in [5, 5.41) is 4.53.